The third-order valence-electron chi connectivity index (χ3n) is 6.55. The van der Waals surface area contributed by atoms with Crippen molar-refractivity contribution in [1.82, 2.24) is 9.88 Å². The quantitative estimate of drug-likeness (QED) is 0.607. The number of carbonyl (C=O) groups excluding carboxylic acids is 2. The first-order chi connectivity index (χ1) is 16.3. The van der Waals surface area contributed by atoms with E-state index >= 15 is 0 Å². The Hall–Kier alpha value is -2.73. The van der Waals surface area contributed by atoms with Gasteiger partial charge in [-0.15, -0.1) is 0 Å². The molecule has 184 valence electrons. The molecule has 3 rings (SSSR count). The molecule has 1 aliphatic rings. The lowest BCUT2D eigenvalue weighted by atomic mass is 10.0. The molecular weight excluding hydrogens is 424 g/mol. The van der Waals surface area contributed by atoms with Crippen LogP contribution in [0.25, 0.3) is 0 Å². The zero-order valence-electron chi connectivity index (χ0n) is 21.3. The maximum atomic E-state index is 13.1. The van der Waals surface area contributed by atoms with Crippen molar-refractivity contribution in [3.63, 3.8) is 0 Å². The highest BCUT2D eigenvalue weighted by atomic mass is 16.2. The molecule has 1 N–H and O–H groups in total. The molecule has 0 radical (unpaired) electrons. The monoisotopic (exact) mass is 464 g/mol. The van der Waals surface area contributed by atoms with Crippen LogP contribution < -0.4 is 10.2 Å². The lowest BCUT2D eigenvalue weighted by molar-refractivity contribution is -0.116. The first-order valence-corrected chi connectivity index (χ1v) is 12.7. The molecule has 0 aliphatic carbocycles. The predicted molar refractivity (Wildman–Crippen MR) is 139 cm³/mol. The number of benzene rings is 1. The second-order valence-corrected chi connectivity index (χ2v) is 9.89. The summed E-state index contributed by atoms with van der Waals surface area (Å²) >= 11 is 0. The van der Waals surface area contributed by atoms with Gasteiger partial charge in [-0.1, -0.05) is 33.1 Å². The first kappa shape index (κ1) is 25.9. The lowest BCUT2D eigenvalue weighted by Gasteiger charge is -2.29. The Labute approximate surface area is 204 Å². The van der Waals surface area contributed by atoms with Crippen LogP contribution in [0.4, 0.5) is 11.4 Å². The number of pyridine rings is 1. The number of rotatable bonds is 5. The molecule has 1 aliphatic heterocycles. The van der Waals surface area contributed by atoms with Crippen LogP contribution in [0.5, 0.6) is 0 Å². The Morgan fingerprint density at radius 2 is 1.79 bits per heavy atom. The summed E-state index contributed by atoms with van der Waals surface area (Å²) in [5.41, 5.74) is 4.26. The standard InChI is InChI=1S/C28H40N4O2/c1-21(2)13-17-31-15-8-6-5-7-9-16-32(23(4)33)27-11-10-24(18-25(27)20-31)28(34)30-26-12-14-29-19-22(26)3/h10-12,14,18-19,21H,5-9,13,15-17,20H2,1-4H3,(H,29,30,34). The summed E-state index contributed by atoms with van der Waals surface area (Å²) in [4.78, 5) is 34.2. The van der Waals surface area contributed by atoms with E-state index < -0.39 is 0 Å². The first-order valence-electron chi connectivity index (χ1n) is 12.7. The Kier molecular flexibility index (Phi) is 9.63. The summed E-state index contributed by atoms with van der Waals surface area (Å²) in [6, 6.07) is 7.58. The number of anilines is 2. The zero-order chi connectivity index (χ0) is 24.5. The lowest BCUT2D eigenvalue weighted by Crippen LogP contribution is -2.33. The number of aromatic nitrogens is 1. The summed E-state index contributed by atoms with van der Waals surface area (Å²) in [6.45, 7) is 11.6. The van der Waals surface area contributed by atoms with Crippen molar-refractivity contribution in [1.29, 1.82) is 0 Å². The highest BCUT2D eigenvalue weighted by molar-refractivity contribution is 6.05. The molecule has 2 aromatic rings. The van der Waals surface area contributed by atoms with E-state index in [0.29, 0.717) is 11.5 Å². The van der Waals surface area contributed by atoms with Crippen LogP contribution in [0, 0.1) is 12.8 Å². The fraction of sp³-hybridized carbons (Fsp3) is 0.536. The maximum Gasteiger partial charge on any atom is 0.255 e. The molecule has 0 saturated carbocycles. The Morgan fingerprint density at radius 1 is 1.06 bits per heavy atom. The molecule has 6 nitrogen and oxygen atoms in total. The highest BCUT2D eigenvalue weighted by Gasteiger charge is 2.20. The van der Waals surface area contributed by atoms with Gasteiger partial charge in [0.2, 0.25) is 5.91 Å². The van der Waals surface area contributed by atoms with Crippen molar-refractivity contribution in [2.75, 3.05) is 29.9 Å². The van der Waals surface area contributed by atoms with Gasteiger partial charge >= 0.3 is 0 Å². The summed E-state index contributed by atoms with van der Waals surface area (Å²) in [6.07, 6.45) is 10.3. The largest absolute Gasteiger partial charge is 0.322 e. The van der Waals surface area contributed by atoms with E-state index in [1.165, 1.54) is 19.3 Å². The smallest absolute Gasteiger partial charge is 0.255 e. The highest BCUT2D eigenvalue weighted by Crippen LogP contribution is 2.27. The molecule has 0 atom stereocenters. The molecular formula is C28H40N4O2. The van der Waals surface area contributed by atoms with Gasteiger partial charge in [-0.2, -0.15) is 0 Å². The normalized spacial score (nSPS) is 15.9. The summed E-state index contributed by atoms with van der Waals surface area (Å²) in [7, 11) is 0. The van der Waals surface area contributed by atoms with E-state index in [1.54, 1.807) is 19.3 Å². The molecule has 0 fully saturated rings. The minimum absolute atomic E-state index is 0.0525. The van der Waals surface area contributed by atoms with Gasteiger partial charge in [0.05, 0.1) is 0 Å². The van der Waals surface area contributed by atoms with E-state index in [0.717, 1.165) is 67.9 Å². The van der Waals surface area contributed by atoms with Crippen molar-refractivity contribution >= 4 is 23.2 Å². The van der Waals surface area contributed by atoms with Crippen LogP contribution in [-0.2, 0) is 11.3 Å². The molecule has 2 amide bonds. The summed E-state index contributed by atoms with van der Waals surface area (Å²) in [5, 5.41) is 3.01. The Morgan fingerprint density at radius 3 is 2.50 bits per heavy atom. The van der Waals surface area contributed by atoms with Crippen molar-refractivity contribution < 1.29 is 9.59 Å². The molecule has 0 unspecified atom stereocenters. The zero-order valence-corrected chi connectivity index (χ0v) is 21.3. The minimum Gasteiger partial charge on any atom is -0.322 e. The van der Waals surface area contributed by atoms with Gasteiger partial charge in [0.15, 0.2) is 0 Å². The van der Waals surface area contributed by atoms with Gasteiger partial charge in [-0.05, 0) is 80.6 Å². The summed E-state index contributed by atoms with van der Waals surface area (Å²) in [5.74, 6) is 0.540. The van der Waals surface area contributed by atoms with Crippen LogP contribution >= 0.6 is 0 Å². The average Bonchev–Trinajstić information content (AvgIpc) is 2.79. The van der Waals surface area contributed by atoms with Gasteiger partial charge in [0.1, 0.15) is 0 Å². The molecule has 0 spiro atoms. The van der Waals surface area contributed by atoms with E-state index in [1.807, 2.05) is 36.1 Å². The Balaban J connectivity index is 1.94. The second-order valence-electron chi connectivity index (χ2n) is 9.89. The number of amides is 2. The van der Waals surface area contributed by atoms with E-state index in [4.69, 9.17) is 0 Å². The molecule has 0 saturated heterocycles. The number of nitrogens with zero attached hydrogens (tertiary/aromatic N) is 3. The minimum atomic E-state index is -0.147. The van der Waals surface area contributed by atoms with Crippen molar-refractivity contribution in [2.24, 2.45) is 5.92 Å². The van der Waals surface area contributed by atoms with Crippen molar-refractivity contribution in [3.8, 4) is 0 Å². The number of nitrogens with one attached hydrogen (secondary N) is 1. The molecule has 1 aromatic heterocycles. The Bertz CT molecular complexity index is 973. The molecule has 2 heterocycles. The molecule has 0 bridgehead atoms. The van der Waals surface area contributed by atoms with Crippen molar-refractivity contribution in [3.05, 3.63) is 53.3 Å². The second kappa shape index (κ2) is 12.7. The molecule has 1 aromatic carbocycles. The SMILES string of the molecule is CC(=O)N1CCCCCCCN(CCC(C)C)Cc2cc(C(=O)Nc3ccncc3C)ccc21. The molecule has 34 heavy (non-hydrogen) atoms. The van der Waals surface area contributed by atoms with Crippen LogP contribution in [0.2, 0.25) is 0 Å². The van der Waals surface area contributed by atoms with Gasteiger partial charge in [0.25, 0.3) is 5.91 Å². The average molecular weight is 465 g/mol. The topological polar surface area (TPSA) is 65.5 Å². The van der Waals surface area contributed by atoms with Crippen LogP contribution in [0.3, 0.4) is 0 Å². The van der Waals surface area contributed by atoms with Crippen LogP contribution in [-0.4, -0.2) is 41.3 Å². The van der Waals surface area contributed by atoms with Crippen LogP contribution in [0.1, 0.15) is 80.8 Å². The van der Waals surface area contributed by atoms with Crippen LogP contribution in [0.15, 0.2) is 36.7 Å². The van der Waals surface area contributed by atoms with Gasteiger partial charge < -0.3 is 10.2 Å². The number of aryl methyl sites for hydroxylation is 1. The van der Waals surface area contributed by atoms with E-state index in [2.05, 4.69) is 29.0 Å². The summed E-state index contributed by atoms with van der Waals surface area (Å²) < 4.78 is 0. The number of carbonyl (C=O) groups is 2. The fourth-order valence-electron chi connectivity index (χ4n) is 4.46. The van der Waals surface area contributed by atoms with E-state index in [9.17, 15) is 9.59 Å². The van der Waals surface area contributed by atoms with Gasteiger partial charge in [-0.3, -0.25) is 19.5 Å². The number of hydrogen-bond acceptors (Lipinski definition) is 4. The van der Waals surface area contributed by atoms with Gasteiger partial charge in [-0.25, -0.2) is 0 Å². The predicted octanol–water partition coefficient (Wildman–Crippen LogP) is 5.81. The third-order valence-corrected chi connectivity index (χ3v) is 6.55. The van der Waals surface area contributed by atoms with E-state index in [-0.39, 0.29) is 11.8 Å². The third kappa shape index (κ3) is 7.39. The number of hydrogen-bond donors (Lipinski definition) is 1. The van der Waals surface area contributed by atoms with Gasteiger partial charge in [0, 0.05) is 49.3 Å². The maximum absolute atomic E-state index is 13.1. The van der Waals surface area contributed by atoms with Crippen molar-refractivity contribution in [2.45, 2.75) is 72.8 Å². The fourth-order valence-corrected chi connectivity index (χ4v) is 4.46. The number of fused-ring (bicyclic) bond motifs is 1. The molecule has 6 heteroatoms.